The molecule has 142 valence electrons. The Morgan fingerprint density at radius 1 is 0.964 bits per heavy atom. The second-order valence-electron chi connectivity index (χ2n) is 6.56. The molecule has 1 N–H and O–H groups in total. The number of ether oxygens (including phenoxy) is 1. The lowest BCUT2D eigenvalue weighted by Gasteiger charge is -2.32. The quantitative estimate of drug-likeness (QED) is 0.580. The Kier molecular flexibility index (Phi) is 5.26. The van der Waals surface area contributed by atoms with Crippen molar-refractivity contribution in [3.8, 4) is 5.75 Å². The number of para-hydroxylation sites is 2. The maximum absolute atomic E-state index is 13.4. The van der Waals surface area contributed by atoms with Crippen LogP contribution in [0.15, 0.2) is 82.6 Å². The number of methoxy groups -OCH3 is 1. The Balaban J connectivity index is 1.65. The van der Waals surface area contributed by atoms with Gasteiger partial charge in [0.25, 0.3) is 0 Å². The van der Waals surface area contributed by atoms with Crippen LogP contribution in [0.4, 0.5) is 16.2 Å². The zero-order valence-corrected chi connectivity index (χ0v) is 16.7. The molecular weight excluding hydrogens is 368 g/mol. The largest absolute Gasteiger partial charge is 0.497 e. The van der Waals surface area contributed by atoms with Crippen molar-refractivity contribution in [2.24, 2.45) is 0 Å². The number of nitrogens with one attached hydrogen (secondary N) is 1. The van der Waals surface area contributed by atoms with E-state index in [1.54, 1.807) is 23.8 Å². The van der Waals surface area contributed by atoms with Gasteiger partial charge in [-0.3, -0.25) is 4.90 Å². The van der Waals surface area contributed by atoms with Crippen LogP contribution in [0.5, 0.6) is 5.75 Å². The monoisotopic (exact) mass is 390 g/mol. The van der Waals surface area contributed by atoms with Crippen molar-refractivity contribution in [2.75, 3.05) is 12.0 Å². The van der Waals surface area contributed by atoms with Gasteiger partial charge in [-0.1, -0.05) is 55.1 Å². The highest BCUT2D eigenvalue weighted by Gasteiger charge is 2.29. The molecule has 0 saturated heterocycles. The summed E-state index contributed by atoms with van der Waals surface area (Å²) in [6, 6.07) is 23.7. The van der Waals surface area contributed by atoms with Crippen molar-refractivity contribution >= 4 is 29.2 Å². The summed E-state index contributed by atoms with van der Waals surface area (Å²) in [5.74, 6) is 0.806. The number of fused-ring (bicyclic) bond motifs is 2. The normalized spacial score (nSPS) is 13.3. The molecule has 1 atom stereocenters. The summed E-state index contributed by atoms with van der Waals surface area (Å²) in [6.45, 7) is 2.07. The van der Waals surface area contributed by atoms with Gasteiger partial charge >= 0.3 is 6.03 Å². The van der Waals surface area contributed by atoms with Crippen molar-refractivity contribution < 1.29 is 9.53 Å². The van der Waals surface area contributed by atoms with E-state index in [0.29, 0.717) is 0 Å². The van der Waals surface area contributed by atoms with Gasteiger partial charge in [-0.25, -0.2) is 4.79 Å². The first-order valence-electron chi connectivity index (χ1n) is 9.31. The van der Waals surface area contributed by atoms with Crippen molar-refractivity contribution in [1.29, 1.82) is 0 Å². The van der Waals surface area contributed by atoms with E-state index in [4.69, 9.17) is 4.74 Å². The predicted octanol–water partition coefficient (Wildman–Crippen LogP) is 6.16. The average Bonchev–Trinajstić information content (AvgIpc) is 2.75. The van der Waals surface area contributed by atoms with Crippen LogP contribution in [0.25, 0.3) is 0 Å². The molecule has 4 nitrogen and oxygen atoms in total. The number of anilines is 2. The van der Waals surface area contributed by atoms with Gasteiger partial charge in [0.15, 0.2) is 0 Å². The maximum Gasteiger partial charge on any atom is 0.327 e. The number of carbonyl (C=O) groups is 1. The fourth-order valence-corrected chi connectivity index (χ4v) is 4.45. The fourth-order valence-electron chi connectivity index (χ4n) is 3.39. The van der Waals surface area contributed by atoms with Crippen molar-refractivity contribution in [3.63, 3.8) is 0 Å². The summed E-state index contributed by atoms with van der Waals surface area (Å²) >= 11 is 1.69. The summed E-state index contributed by atoms with van der Waals surface area (Å²) in [4.78, 5) is 17.3. The summed E-state index contributed by atoms with van der Waals surface area (Å²) in [6.07, 6.45) is 0.796. The molecule has 4 rings (SSSR count). The van der Waals surface area contributed by atoms with Gasteiger partial charge in [-0.2, -0.15) is 0 Å². The first-order valence-corrected chi connectivity index (χ1v) is 10.1. The van der Waals surface area contributed by atoms with Crippen LogP contribution in [0, 0.1) is 0 Å². The van der Waals surface area contributed by atoms with Crippen LogP contribution in [0.3, 0.4) is 0 Å². The third-order valence-electron chi connectivity index (χ3n) is 4.86. The van der Waals surface area contributed by atoms with Gasteiger partial charge in [0.05, 0.1) is 24.5 Å². The van der Waals surface area contributed by atoms with E-state index in [1.807, 2.05) is 60.7 Å². The minimum atomic E-state index is -0.122. The van der Waals surface area contributed by atoms with Crippen LogP contribution in [-0.2, 0) is 0 Å². The Morgan fingerprint density at radius 3 is 2.07 bits per heavy atom. The number of urea groups is 1. The summed E-state index contributed by atoms with van der Waals surface area (Å²) in [7, 11) is 1.65. The molecular formula is C23H22N2O2S. The molecule has 1 aliphatic heterocycles. The van der Waals surface area contributed by atoms with Crippen molar-refractivity contribution in [2.45, 2.75) is 29.2 Å². The molecule has 1 aliphatic rings. The first-order chi connectivity index (χ1) is 13.7. The van der Waals surface area contributed by atoms with E-state index in [1.165, 1.54) is 0 Å². The van der Waals surface area contributed by atoms with Crippen molar-refractivity contribution in [1.82, 2.24) is 5.32 Å². The van der Waals surface area contributed by atoms with Crippen LogP contribution < -0.4 is 15.0 Å². The number of nitrogens with zero attached hydrogens (tertiary/aromatic N) is 1. The summed E-state index contributed by atoms with van der Waals surface area (Å²) in [5, 5.41) is 3.21. The van der Waals surface area contributed by atoms with E-state index < -0.39 is 0 Å². The smallest absolute Gasteiger partial charge is 0.327 e. The molecule has 0 aromatic heterocycles. The fraction of sp³-hybridized carbons (Fsp3) is 0.174. The number of hydrogen-bond donors (Lipinski definition) is 1. The molecule has 1 heterocycles. The molecule has 0 aliphatic carbocycles. The minimum absolute atomic E-state index is 0.0766. The SMILES string of the molecule is CC[C@H](NC(=O)N1c2ccccc2Sc2ccccc21)c1ccc(OC)cc1. The number of hydrogen-bond acceptors (Lipinski definition) is 3. The van der Waals surface area contributed by atoms with Gasteiger partial charge in [0.2, 0.25) is 0 Å². The van der Waals surface area contributed by atoms with Crippen LogP contribution in [0.1, 0.15) is 24.9 Å². The number of carbonyl (C=O) groups excluding carboxylic acids is 1. The highest BCUT2D eigenvalue weighted by molar-refractivity contribution is 7.99. The Morgan fingerprint density at radius 2 is 1.54 bits per heavy atom. The van der Waals surface area contributed by atoms with Gasteiger partial charge in [-0.05, 0) is 48.4 Å². The molecule has 0 spiro atoms. The van der Waals surface area contributed by atoms with E-state index >= 15 is 0 Å². The highest BCUT2D eigenvalue weighted by atomic mass is 32.2. The molecule has 0 radical (unpaired) electrons. The van der Waals surface area contributed by atoms with Crippen LogP contribution in [-0.4, -0.2) is 13.1 Å². The summed E-state index contributed by atoms with van der Waals surface area (Å²) in [5.41, 5.74) is 2.88. The molecule has 0 fully saturated rings. The standard InChI is InChI=1S/C23H22N2O2S/c1-3-18(16-12-14-17(27-2)15-13-16)24-23(26)25-19-8-4-6-10-21(19)28-22-11-7-5-9-20(22)25/h4-15,18H,3H2,1-2H3,(H,24,26)/t18-/m0/s1. The molecule has 0 bridgehead atoms. The molecule has 3 aromatic carbocycles. The Bertz CT molecular complexity index is 942. The molecule has 0 saturated carbocycles. The number of rotatable bonds is 4. The number of benzene rings is 3. The topological polar surface area (TPSA) is 41.6 Å². The van der Waals surface area contributed by atoms with Gasteiger partial charge in [0.1, 0.15) is 5.75 Å². The van der Waals surface area contributed by atoms with Crippen LogP contribution >= 0.6 is 11.8 Å². The van der Waals surface area contributed by atoms with E-state index in [9.17, 15) is 4.79 Å². The second-order valence-corrected chi connectivity index (χ2v) is 7.64. The lowest BCUT2D eigenvalue weighted by molar-refractivity contribution is 0.244. The lowest BCUT2D eigenvalue weighted by atomic mass is 10.0. The molecule has 28 heavy (non-hydrogen) atoms. The van der Waals surface area contributed by atoms with Gasteiger partial charge in [-0.15, -0.1) is 0 Å². The first kappa shape index (κ1) is 18.4. The van der Waals surface area contributed by atoms with Crippen molar-refractivity contribution in [3.05, 3.63) is 78.4 Å². The average molecular weight is 391 g/mol. The van der Waals surface area contributed by atoms with Gasteiger partial charge in [0, 0.05) is 9.79 Å². The lowest BCUT2D eigenvalue weighted by Crippen LogP contribution is -2.40. The van der Waals surface area contributed by atoms with E-state index in [-0.39, 0.29) is 12.1 Å². The zero-order valence-electron chi connectivity index (χ0n) is 15.9. The Labute approximate surface area is 169 Å². The number of amides is 2. The molecule has 2 amide bonds. The van der Waals surface area contributed by atoms with E-state index in [2.05, 4.69) is 24.4 Å². The molecule has 0 unspecified atom stereocenters. The highest BCUT2D eigenvalue weighted by Crippen LogP contribution is 2.47. The Hall–Kier alpha value is -2.92. The molecule has 3 aromatic rings. The zero-order chi connectivity index (χ0) is 19.5. The second kappa shape index (κ2) is 7.98. The predicted molar refractivity (Wildman–Crippen MR) is 114 cm³/mol. The summed E-state index contributed by atoms with van der Waals surface area (Å²) < 4.78 is 5.24. The third-order valence-corrected chi connectivity index (χ3v) is 5.99. The van der Waals surface area contributed by atoms with Gasteiger partial charge < -0.3 is 10.1 Å². The minimum Gasteiger partial charge on any atom is -0.497 e. The van der Waals surface area contributed by atoms with Crippen LogP contribution in [0.2, 0.25) is 0 Å². The third kappa shape index (κ3) is 3.45. The molecule has 5 heteroatoms. The maximum atomic E-state index is 13.4. The van der Waals surface area contributed by atoms with E-state index in [0.717, 1.165) is 38.9 Å².